The number of hydrogen-bond donors (Lipinski definition) is 2. The molecule has 2 aliphatic rings. The third-order valence-corrected chi connectivity index (χ3v) is 3.97. The highest BCUT2D eigenvalue weighted by molar-refractivity contribution is 5.77. The highest BCUT2D eigenvalue weighted by atomic mass is 16.5. The lowest BCUT2D eigenvalue weighted by molar-refractivity contribution is -0.120. The van der Waals surface area contributed by atoms with E-state index < -0.39 is 0 Å². The highest BCUT2D eigenvalue weighted by Crippen LogP contribution is 2.48. The molecule has 4 heteroatoms. The zero-order chi connectivity index (χ0) is 12.8. The maximum absolute atomic E-state index is 11.5. The molecule has 0 atom stereocenters. The van der Waals surface area contributed by atoms with Gasteiger partial charge in [0.05, 0.1) is 6.54 Å². The quantitative estimate of drug-likeness (QED) is 0.575. The number of methoxy groups -OCH3 is 1. The van der Waals surface area contributed by atoms with Crippen LogP contribution in [0.3, 0.4) is 0 Å². The Morgan fingerprint density at radius 2 is 1.94 bits per heavy atom. The van der Waals surface area contributed by atoms with E-state index in [0.29, 0.717) is 19.7 Å². The number of nitrogens with one attached hydrogen (secondary N) is 2. The molecule has 2 N–H and O–H groups in total. The molecule has 2 fully saturated rings. The molecular weight excluding hydrogens is 228 g/mol. The Balaban J connectivity index is 1.49. The number of carbonyl (C=O) groups excluding carboxylic acids is 1. The van der Waals surface area contributed by atoms with Crippen LogP contribution in [0, 0.1) is 17.8 Å². The summed E-state index contributed by atoms with van der Waals surface area (Å²) in [4.78, 5) is 11.5. The third-order valence-electron chi connectivity index (χ3n) is 3.97. The van der Waals surface area contributed by atoms with Crippen molar-refractivity contribution in [1.29, 1.82) is 0 Å². The van der Waals surface area contributed by atoms with Gasteiger partial charge in [-0.25, -0.2) is 0 Å². The van der Waals surface area contributed by atoms with Crippen LogP contribution in [0.5, 0.6) is 0 Å². The highest BCUT2D eigenvalue weighted by Gasteiger charge is 2.40. The van der Waals surface area contributed by atoms with Crippen molar-refractivity contribution in [3.05, 3.63) is 0 Å². The first-order chi connectivity index (χ1) is 8.81. The first kappa shape index (κ1) is 13.8. The number of rotatable bonds is 10. The van der Waals surface area contributed by atoms with Gasteiger partial charge in [0.25, 0.3) is 0 Å². The standard InChI is InChI=1S/C14H26N2O2/c1-18-8-2-7-16-14(17)10-15-9-13(11-3-4-11)12-5-6-12/h11-13,15H,2-10H2,1H3,(H,16,17). The lowest BCUT2D eigenvalue weighted by Crippen LogP contribution is -2.37. The van der Waals surface area contributed by atoms with Crippen LogP contribution in [0.2, 0.25) is 0 Å². The molecule has 2 rings (SSSR count). The summed E-state index contributed by atoms with van der Waals surface area (Å²) in [5.41, 5.74) is 0. The van der Waals surface area contributed by atoms with Gasteiger partial charge in [-0.3, -0.25) is 4.79 Å². The average molecular weight is 254 g/mol. The number of ether oxygens (including phenoxy) is 1. The molecule has 4 nitrogen and oxygen atoms in total. The van der Waals surface area contributed by atoms with Crippen LogP contribution in [-0.4, -0.2) is 39.3 Å². The maximum Gasteiger partial charge on any atom is 0.233 e. The topological polar surface area (TPSA) is 50.4 Å². The summed E-state index contributed by atoms with van der Waals surface area (Å²) in [6, 6.07) is 0. The Bertz CT molecular complexity index is 251. The molecule has 1 amide bonds. The van der Waals surface area contributed by atoms with Gasteiger partial charge in [-0.1, -0.05) is 0 Å². The molecule has 18 heavy (non-hydrogen) atoms. The van der Waals surface area contributed by atoms with Gasteiger partial charge in [0, 0.05) is 20.3 Å². The molecular formula is C14H26N2O2. The molecule has 0 aliphatic heterocycles. The molecule has 104 valence electrons. The van der Waals surface area contributed by atoms with Gasteiger partial charge in [-0.2, -0.15) is 0 Å². The second-order valence-electron chi connectivity index (χ2n) is 5.67. The summed E-state index contributed by atoms with van der Waals surface area (Å²) in [6.45, 7) is 2.91. The lowest BCUT2D eigenvalue weighted by atomic mass is 9.98. The van der Waals surface area contributed by atoms with E-state index in [2.05, 4.69) is 10.6 Å². The van der Waals surface area contributed by atoms with Crippen LogP contribution < -0.4 is 10.6 Å². The summed E-state index contributed by atoms with van der Waals surface area (Å²) in [7, 11) is 1.68. The zero-order valence-corrected chi connectivity index (χ0v) is 11.4. The normalized spacial score (nSPS) is 19.2. The first-order valence-electron chi connectivity index (χ1n) is 7.27. The van der Waals surface area contributed by atoms with Gasteiger partial charge in [0.15, 0.2) is 0 Å². The molecule has 2 saturated carbocycles. The van der Waals surface area contributed by atoms with Gasteiger partial charge in [0.1, 0.15) is 0 Å². The van der Waals surface area contributed by atoms with E-state index >= 15 is 0 Å². The van der Waals surface area contributed by atoms with Crippen molar-refractivity contribution >= 4 is 5.91 Å². The van der Waals surface area contributed by atoms with Crippen molar-refractivity contribution in [2.45, 2.75) is 32.1 Å². The Morgan fingerprint density at radius 3 is 2.50 bits per heavy atom. The molecule has 0 radical (unpaired) electrons. The number of amides is 1. The van der Waals surface area contributed by atoms with Crippen molar-refractivity contribution < 1.29 is 9.53 Å². The summed E-state index contributed by atoms with van der Waals surface area (Å²) < 4.78 is 4.94. The first-order valence-corrected chi connectivity index (χ1v) is 7.27. The van der Waals surface area contributed by atoms with Crippen LogP contribution in [0.25, 0.3) is 0 Å². The largest absolute Gasteiger partial charge is 0.385 e. The molecule has 0 aromatic heterocycles. The minimum atomic E-state index is 0.108. The van der Waals surface area contributed by atoms with Crippen LogP contribution in [0.15, 0.2) is 0 Å². The smallest absolute Gasteiger partial charge is 0.233 e. The summed E-state index contributed by atoms with van der Waals surface area (Å²) >= 11 is 0. The van der Waals surface area contributed by atoms with E-state index in [-0.39, 0.29) is 5.91 Å². The van der Waals surface area contributed by atoms with Crippen molar-refractivity contribution in [2.75, 3.05) is 33.4 Å². The molecule has 0 unspecified atom stereocenters. The fourth-order valence-electron chi connectivity index (χ4n) is 2.63. The number of hydrogen-bond acceptors (Lipinski definition) is 3. The Hall–Kier alpha value is -0.610. The fraction of sp³-hybridized carbons (Fsp3) is 0.929. The Kier molecular flexibility index (Phi) is 5.45. The van der Waals surface area contributed by atoms with E-state index in [1.54, 1.807) is 7.11 Å². The Labute approximate surface area is 110 Å². The number of carbonyl (C=O) groups is 1. The van der Waals surface area contributed by atoms with Gasteiger partial charge in [0.2, 0.25) is 5.91 Å². The fourth-order valence-corrected chi connectivity index (χ4v) is 2.63. The predicted molar refractivity (Wildman–Crippen MR) is 71.3 cm³/mol. The average Bonchev–Trinajstić information content (AvgIpc) is 3.23. The lowest BCUT2D eigenvalue weighted by Gasteiger charge is -2.16. The van der Waals surface area contributed by atoms with E-state index in [1.807, 2.05) is 0 Å². The monoisotopic (exact) mass is 254 g/mol. The molecule has 2 aliphatic carbocycles. The second-order valence-corrected chi connectivity index (χ2v) is 5.67. The van der Waals surface area contributed by atoms with Crippen molar-refractivity contribution in [3.63, 3.8) is 0 Å². The van der Waals surface area contributed by atoms with E-state index in [4.69, 9.17) is 4.74 Å². The summed E-state index contributed by atoms with van der Waals surface area (Å²) in [5, 5.41) is 6.23. The molecule has 0 bridgehead atoms. The SMILES string of the molecule is COCCCNC(=O)CNCC(C1CC1)C1CC1. The van der Waals surface area contributed by atoms with E-state index in [0.717, 1.165) is 30.7 Å². The van der Waals surface area contributed by atoms with Crippen LogP contribution in [-0.2, 0) is 9.53 Å². The summed E-state index contributed by atoms with van der Waals surface area (Å²) in [5.74, 6) is 2.85. The van der Waals surface area contributed by atoms with Crippen LogP contribution in [0.1, 0.15) is 32.1 Å². The summed E-state index contributed by atoms with van der Waals surface area (Å²) in [6.07, 6.45) is 6.52. The Morgan fingerprint density at radius 1 is 1.28 bits per heavy atom. The van der Waals surface area contributed by atoms with E-state index in [9.17, 15) is 4.79 Å². The van der Waals surface area contributed by atoms with Gasteiger partial charge >= 0.3 is 0 Å². The molecule has 0 aromatic carbocycles. The van der Waals surface area contributed by atoms with Crippen molar-refractivity contribution in [1.82, 2.24) is 10.6 Å². The maximum atomic E-state index is 11.5. The molecule has 0 heterocycles. The van der Waals surface area contributed by atoms with Gasteiger partial charge < -0.3 is 15.4 Å². The second kappa shape index (κ2) is 7.10. The van der Waals surface area contributed by atoms with Gasteiger partial charge in [-0.05, 0) is 56.4 Å². The predicted octanol–water partition coefficient (Wildman–Crippen LogP) is 1.16. The zero-order valence-electron chi connectivity index (χ0n) is 11.4. The minimum absolute atomic E-state index is 0.108. The minimum Gasteiger partial charge on any atom is -0.385 e. The van der Waals surface area contributed by atoms with Crippen molar-refractivity contribution in [2.24, 2.45) is 17.8 Å². The van der Waals surface area contributed by atoms with Crippen LogP contribution >= 0.6 is 0 Å². The molecule has 0 saturated heterocycles. The van der Waals surface area contributed by atoms with Gasteiger partial charge in [-0.15, -0.1) is 0 Å². The van der Waals surface area contributed by atoms with E-state index in [1.165, 1.54) is 25.7 Å². The van der Waals surface area contributed by atoms with Crippen molar-refractivity contribution in [3.8, 4) is 0 Å². The third kappa shape index (κ3) is 4.94. The molecule has 0 spiro atoms. The van der Waals surface area contributed by atoms with Crippen LogP contribution in [0.4, 0.5) is 0 Å². The molecule has 0 aromatic rings.